The summed E-state index contributed by atoms with van der Waals surface area (Å²) in [5, 5.41) is 6.19. The number of hydrogen-bond acceptors (Lipinski definition) is 2. The zero-order chi connectivity index (χ0) is 27.2. The molecule has 37 heavy (non-hydrogen) atoms. The number of hydrogen-bond donors (Lipinski definition) is 2. The lowest BCUT2D eigenvalue weighted by molar-refractivity contribution is -0.138. The van der Waals surface area contributed by atoms with E-state index >= 15 is 0 Å². The summed E-state index contributed by atoms with van der Waals surface area (Å²) >= 11 is 0. The zero-order valence-electron chi connectivity index (χ0n) is 21.1. The highest BCUT2D eigenvalue weighted by Gasteiger charge is 2.35. The molecule has 0 bridgehead atoms. The van der Waals surface area contributed by atoms with Gasteiger partial charge in [-0.05, 0) is 42.3 Å². The van der Waals surface area contributed by atoms with Gasteiger partial charge in [0.25, 0.3) is 0 Å². The van der Waals surface area contributed by atoms with Crippen molar-refractivity contribution in [3.05, 3.63) is 113 Å². The van der Waals surface area contributed by atoms with Crippen LogP contribution in [-0.4, -0.2) is 0 Å². The van der Waals surface area contributed by atoms with Gasteiger partial charge in [-0.3, -0.25) is 0 Å². The van der Waals surface area contributed by atoms with Crippen LogP contribution in [0.25, 0.3) is 11.4 Å². The Bertz CT molecular complexity index is 1280. The van der Waals surface area contributed by atoms with E-state index in [2.05, 4.69) is 31.1 Å². The lowest BCUT2D eigenvalue weighted by Gasteiger charge is -2.29. The fourth-order valence-corrected chi connectivity index (χ4v) is 4.16. The van der Waals surface area contributed by atoms with Crippen LogP contribution in [0, 0.1) is 18.6 Å². The van der Waals surface area contributed by atoms with Gasteiger partial charge in [0.2, 0.25) is 0 Å². The number of para-hydroxylation sites is 1. The molecule has 1 heterocycles. The molecule has 0 saturated carbocycles. The third-order valence-electron chi connectivity index (χ3n) is 6.09. The van der Waals surface area contributed by atoms with Gasteiger partial charge in [0.05, 0.1) is 11.6 Å². The van der Waals surface area contributed by atoms with Crippen LogP contribution in [0.5, 0.6) is 0 Å². The molecule has 1 unspecified atom stereocenters. The van der Waals surface area contributed by atoms with Crippen LogP contribution in [0.3, 0.4) is 0 Å². The van der Waals surface area contributed by atoms with Crippen molar-refractivity contribution < 1.29 is 22.0 Å². The van der Waals surface area contributed by atoms with E-state index in [0.717, 1.165) is 18.2 Å². The molecule has 2 N–H and O–H groups in total. The first kappa shape index (κ1) is 28.0. The second-order valence-corrected chi connectivity index (χ2v) is 8.85. The van der Waals surface area contributed by atoms with E-state index in [1.54, 1.807) is 36.4 Å². The lowest BCUT2D eigenvalue weighted by atomic mass is 9.93. The van der Waals surface area contributed by atoms with Crippen molar-refractivity contribution in [2.24, 2.45) is 0 Å². The molecule has 1 atom stereocenters. The molecular weight excluding hydrogens is 483 g/mol. The largest absolute Gasteiger partial charge is 0.416 e. The highest BCUT2D eigenvalue weighted by atomic mass is 19.4. The topological polar surface area (TPSA) is 24.1 Å². The first-order chi connectivity index (χ1) is 17.6. The van der Waals surface area contributed by atoms with Crippen LogP contribution in [-0.2, 0) is 6.18 Å². The fourth-order valence-electron chi connectivity index (χ4n) is 4.16. The molecule has 0 spiro atoms. The molecule has 0 saturated heterocycles. The molecule has 2 nitrogen and oxygen atoms in total. The maximum Gasteiger partial charge on any atom is 0.416 e. The van der Waals surface area contributed by atoms with Gasteiger partial charge in [0.1, 0.15) is 11.6 Å². The van der Waals surface area contributed by atoms with E-state index in [9.17, 15) is 22.0 Å². The number of benzene rings is 3. The Balaban J connectivity index is 0.000000695. The van der Waals surface area contributed by atoms with E-state index in [1.807, 2.05) is 0 Å². The summed E-state index contributed by atoms with van der Waals surface area (Å²) < 4.78 is 68.6. The number of fused-ring (bicyclic) bond motifs is 1. The summed E-state index contributed by atoms with van der Waals surface area (Å²) in [6.07, 6.45) is 1.17. The van der Waals surface area contributed by atoms with Crippen LogP contribution < -0.4 is 10.6 Å². The summed E-state index contributed by atoms with van der Waals surface area (Å²) in [4.78, 5) is 0. The van der Waals surface area contributed by atoms with Crippen molar-refractivity contribution in [1.29, 1.82) is 0 Å². The molecule has 0 radical (unpaired) electrons. The Morgan fingerprint density at radius 3 is 2.27 bits per heavy atom. The normalized spacial score (nSPS) is 14.5. The van der Waals surface area contributed by atoms with Crippen molar-refractivity contribution in [3.63, 3.8) is 0 Å². The number of anilines is 1. The fraction of sp³-hybridized carbons (Fsp3) is 0.267. The van der Waals surface area contributed by atoms with Crippen molar-refractivity contribution in [3.8, 4) is 0 Å². The summed E-state index contributed by atoms with van der Waals surface area (Å²) in [5.74, 6) is -1.46. The third-order valence-corrected chi connectivity index (χ3v) is 6.09. The standard InChI is InChI=1S/C25H19F5N2.C5H12/c1-14-19(11-16(26)12-21(14)27)15(2)31-24-13-23(32-22-10-6-4-8-18(22)24)17-7-3-5-9-20(17)25(28,29)30;1-3-5-4-2/h3-13,23,31-32H,2H2,1H3;3-5H2,1-2H3. The molecule has 0 aliphatic carbocycles. The molecule has 3 aromatic rings. The second-order valence-electron chi connectivity index (χ2n) is 8.85. The van der Waals surface area contributed by atoms with Gasteiger partial charge in [-0.25, -0.2) is 8.78 Å². The van der Waals surface area contributed by atoms with Crippen molar-refractivity contribution in [2.75, 3.05) is 5.32 Å². The van der Waals surface area contributed by atoms with Gasteiger partial charge in [-0.1, -0.05) is 76.1 Å². The van der Waals surface area contributed by atoms with Crippen LogP contribution in [0.4, 0.5) is 27.6 Å². The SMILES string of the molecule is C=C(NC1=CC(c2ccccc2C(F)(F)F)Nc2ccccc21)c1cc(F)cc(F)c1C.CCCCC. The van der Waals surface area contributed by atoms with E-state index < -0.39 is 29.4 Å². The highest BCUT2D eigenvalue weighted by molar-refractivity contribution is 5.85. The van der Waals surface area contributed by atoms with Gasteiger partial charge in [-0.2, -0.15) is 13.2 Å². The van der Waals surface area contributed by atoms with E-state index in [1.165, 1.54) is 38.3 Å². The number of unbranched alkanes of at least 4 members (excludes halogenated alkanes) is 2. The monoisotopic (exact) mass is 514 g/mol. The van der Waals surface area contributed by atoms with Gasteiger partial charge in [-0.15, -0.1) is 0 Å². The second kappa shape index (κ2) is 12.1. The summed E-state index contributed by atoms with van der Waals surface area (Å²) in [5.41, 5.74) is 1.81. The van der Waals surface area contributed by atoms with E-state index in [-0.39, 0.29) is 22.4 Å². The predicted octanol–water partition coefficient (Wildman–Crippen LogP) is 9.26. The minimum atomic E-state index is -4.52. The average Bonchev–Trinajstić information content (AvgIpc) is 2.86. The third kappa shape index (κ3) is 6.79. The maximum absolute atomic E-state index is 14.0. The van der Waals surface area contributed by atoms with E-state index in [4.69, 9.17) is 0 Å². The molecule has 7 heteroatoms. The van der Waals surface area contributed by atoms with Gasteiger partial charge >= 0.3 is 6.18 Å². The first-order valence-corrected chi connectivity index (χ1v) is 12.2. The lowest BCUT2D eigenvalue weighted by Crippen LogP contribution is -2.23. The Hall–Kier alpha value is -3.61. The molecule has 1 aliphatic heterocycles. The Morgan fingerprint density at radius 2 is 1.62 bits per heavy atom. The molecular formula is C30H31F5N2. The predicted molar refractivity (Wildman–Crippen MR) is 141 cm³/mol. The number of nitrogens with one attached hydrogen (secondary N) is 2. The summed E-state index contributed by atoms with van der Waals surface area (Å²) in [6.45, 7) is 9.83. The van der Waals surface area contributed by atoms with Crippen LogP contribution in [0.15, 0.2) is 73.3 Å². The minimum Gasteiger partial charge on any atom is -0.374 e. The highest BCUT2D eigenvalue weighted by Crippen LogP contribution is 2.40. The quantitative estimate of drug-likeness (QED) is 0.320. The summed E-state index contributed by atoms with van der Waals surface area (Å²) in [7, 11) is 0. The number of alkyl halides is 3. The molecule has 4 rings (SSSR count). The zero-order valence-corrected chi connectivity index (χ0v) is 21.1. The van der Waals surface area contributed by atoms with Gasteiger partial charge in [0.15, 0.2) is 0 Å². The van der Waals surface area contributed by atoms with Crippen molar-refractivity contribution in [2.45, 2.75) is 52.3 Å². The number of halogens is 5. The van der Waals surface area contributed by atoms with E-state index in [0.29, 0.717) is 16.9 Å². The number of rotatable bonds is 6. The summed E-state index contributed by atoms with van der Waals surface area (Å²) in [6, 6.07) is 13.6. The molecule has 0 amide bonds. The molecule has 1 aliphatic rings. The van der Waals surface area contributed by atoms with Crippen LogP contribution >= 0.6 is 0 Å². The average molecular weight is 515 g/mol. The Kier molecular flexibility index (Phi) is 9.14. The van der Waals surface area contributed by atoms with Crippen LogP contribution in [0.1, 0.15) is 67.0 Å². The first-order valence-electron chi connectivity index (χ1n) is 12.2. The molecule has 0 aromatic heterocycles. The van der Waals surface area contributed by atoms with Gasteiger partial charge in [0, 0.05) is 34.3 Å². The Morgan fingerprint density at radius 1 is 0.973 bits per heavy atom. The molecule has 0 fully saturated rings. The molecule has 3 aromatic carbocycles. The van der Waals surface area contributed by atoms with Crippen LogP contribution in [0.2, 0.25) is 0 Å². The smallest absolute Gasteiger partial charge is 0.374 e. The maximum atomic E-state index is 14.0. The van der Waals surface area contributed by atoms with Gasteiger partial charge < -0.3 is 10.6 Å². The van der Waals surface area contributed by atoms with Crippen molar-refractivity contribution >= 4 is 17.1 Å². The van der Waals surface area contributed by atoms with Crippen molar-refractivity contribution in [1.82, 2.24) is 5.32 Å². The Labute approximate surface area is 214 Å². The molecule has 196 valence electrons. The minimum absolute atomic E-state index is 0.0624.